The molecule has 1 aliphatic carbocycles. The van der Waals surface area contributed by atoms with Gasteiger partial charge in [0.15, 0.2) is 0 Å². The highest BCUT2D eigenvalue weighted by molar-refractivity contribution is 5.91. The molecule has 2 aromatic rings. The summed E-state index contributed by atoms with van der Waals surface area (Å²) < 4.78 is 0. The number of unbranched alkanes of at least 4 members (excludes halogenated alkanes) is 1. The van der Waals surface area contributed by atoms with Gasteiger partial charge in [0.2, 0.25) is 0 Å². The maximum absolute atomic E-state index is 6.56. The van der Waals surface area contributed by atoms with E-state index in [9.17, 15) is 0 Å². The summed E-state index contributed by atoms with van der Waals surface area (Å²) in [4.78, 5) is 7.41. The molecule has 0 amide bonds. The number of nitrogens with two attached hydrogens (primary N) is 1. The van der Waals surface area contributed by atoms with E-state index in [-0.39, 0.29) is 5.41 Å². The van der Waals surface area contributed by atoms with Crippen molar-refractivity contribution in [2.45, 2.75) is 71.6 Å². The number of hydrogen-bond acceptors (Lipinski definition) is 2. The van der Waals surface area contributed by atoms with Crippen LogP contribution in [0.3, 0.4) is 0 Å². The molecule has 1 saturated heterocycles. The first-order valence-corrected chi connectivity index (χ1v) is 12.6. The van der Waals surface area contributed by atoms with Crippen LogP contribution >= 0.6 is 0 Å². The van der Waals surface area contributed by atoms with Crippen LogP contribution in [0.4, 0.5) is 5.69 Å². The monoisotopic (exact) mass is 429 g/mol. The van der Waals surface area contributed by atoms with Crippen LogP contribution in [0.5, 0.6) is 0 Å². The normalized spacial score (nSPS) is 17.9. The number of amidine groups is 1. The van der Waals surface area contributed by atoms with Crippen LogP contribution in [0.15, 0.2) is 54.0 Å². The van der Waals surface area contributed by atoms with Crippen molar-refractivity contribution < 1.29 is 0 Å². The summed E-state index contributed by atoms with van der Waals surface area (Å²) in [7, 11) is 0. The Balaban J connectivity index is 1.55. The zero-order valence-electron chi connectivity index (χ0n) is 20.0. The smallest absolute Gasteiger partial charge is 0.106 e. The first-order chi connectivity index (χ1) is 15.6. The molecule has 0 unspecified atom stereocenters. The van der Waals surface area contributed by atoms with Gasteiger partial charge in [-0.2, -0.15) is 0 Å². The Morgan fingerprint density at radius 2 is 1.69 bits per heavy atom. The number of aliphatic imine (C=N–C) groups is 1. The maximum Gasteiger partial charge on any atom is 0.106 e. The van der Waals surface area contributed by atoms with E-state index < -0.39 is 0 Å². The zero-order chi connectivity index (χ0) is 22.6. The average Bonchev–Trinajstić information content (AvgIpc) is 3.64. The molecule has 0 radical (unpaired) electrons. The van der Waals surface area contributed by atoms with Crippen LogP contribution < -0.4 is 5.73 Å². The number of benzene rings is 2. The van der Waals surface area contributed by atoms with Gasteiger partial charge in [0.05, 0.1) is 5.69 Å². The van der Waals surface area contributed by atoms with Crippen molar-refractivity contribution in [2.24, 2.45) is 16.1 Å². The largest absolute Gasteiger partial charge is 0.387 e. The number of hydrogen-bond donors (Lipinski definition) is 1. The van der Waals surface area contributed by atoms with Crippen LogP contribution in [0.25, 0.3) is 16.8 Å². The lowest BCUT2D eigenvalue weighted by Gasteiger charge is -2.30. The van der Waals surface area contributed by atoms with Gasteiger partial charge in [-0.15, -0.1) is 0 Å². The third-order valence-electron chi connectivity index (χ3n) is 7.40. The molecule has 170 valence electrons. The van der Waals surface area contributed by atoms with E-state index in [0.29, 0.717) is 0 Å². The number of aryl methyl sites for hydroxylation is 1. The van der Waals surface area contributed by atoms with Gasteiger partial charge in [-0.3, -0.25) is 0 Å². The van der Waals surface area contributed by atoms with Gasteiger partial charge in [-0.25, -0.2) is 4.99 Å². The fourth-order valence-electron chi connectivity index (χ4n) is 4.90. The zero-order valence-corrected chi connectivity index (χ0v) is 20.0. The van der Waals surface area contributed by atoms with Crippen molar-refractivity contribution >= 4 is 17.2 Å². The van der Waals surface area contributed by atoms with Gasteiger partial charge in [-0.05, 0) is 73.3 Å². The first-order valence-electron chi connectivity index (χ1n) is 12.6. The number of rotatable bonds is 9. The van der Waals surface area contributed by atoms with Gasteiger partial charge in [-0.1, -0.05) is 69.7 Å². The van der Waals surface area contributed by atoms with Crippen molar-refractivity contribution in [3.05, 3.63) is 60.2 Å². The van der Waals surface area contributed by atoms with E-state index in [4.69, 9.17) is 10.7 Å². The number of likely N-dealkylation sites (tertiary alicyclic amines) is 1. The molecular weight excluding hydrogens is 390 g/mol. The van der Waals surface area contributed by atoms with Gasteiger partial charge in [0.25, 0.3) is 0 Å². The van der Waals surface area contributed by atoms with Crippen molar-refractivity contribution in [3.63, 3.8) is 0 Å². The lowest BCUT2D eigenvalue weighted by Crippen LogP contribution is -2.27. The van der Waals surface area contributed by atoms with Crippen LogP contribution in [-0.4, -0.2) is 23.8 Å². The van der Waals surface area contributed by atoms with Crippen LogP contribution in [-0.2, 0) is 6.42 Å². The fraction of sp³-hybridized carbons (Fsp3) is 0.483. The molecule has 3 nitrogen and oxygen atoms in total. The summed E-state index contributed by atoms with van der Waals surface area (Å²) >= 11 is 0. The summed E-state index contributed by atoms with van der Waals surface area (Å²) in [5, 5.41) is 0. The van der Waals surface area contributed by atoms with Crippen molar-refractivity contribution in [1.82, 2.24) is 4.90 Å². The van der Waals surface area contributed by atoms with Crippen LogP contribution in [0.1, 0.15) is 76.3 Å². The molecule has 2 N–H and O–H groups in total. The van der Waals surface area contributed by atoms with E-state index in [2.05, 4.69) is 67.8 Å². The molecule has 3 heteroatoms. The molecule has 1 aliphatic heterocycles. The van der Waals surface area contributed by atoms with Crippen molar-refractivity contribution in [2.75, 3.05) is 13.1 Å². The van der Waals surface area contributed by atoms with Crippen molar-refractivity contribution in [3.8, 4) is 11.1 Å². The minimum Gasteiger partial charge on any atom is -0.387 e. The molecule has 2 fully saturated rings. The SMILES string of the molecule is C=C(c1ccc(-c2ccc(CC)c(/N=C(/N)C3(CCCC)CC3)c2)cc1)N1CCCCC1. The molecule has 2 aliphatic rings. The highest BCUT2D eigenvalue weighted by Gasteiger charge is 2.45. The summed E-state index contributed by atoms with van der Waals surface area (Å²) in [5.41, 5.74) is 13.8. The highest BCUT2D eigenvalue weighted by atomic mass is 15.1. The molecule has 0 spiro atoms. The topological polar surface area (TPSA) is 41.6 Å². The highest BCUT2D eigenvalue weighted by Crippen LogP contribution is 2.50. The van der Waals surface area contributed by atoms with E-state index in [0.717, 1.165) is 36.7 Å². The molecule has 0 aromatic heterocycles. The average molecular weight is 430 g/mol. The summed E-state index contributed by atoms with van der Waals surface area (Å²) in [6.45, 7) is 11.1. The Bertz CT molecular complexity index is 960. The second-order valence-corrected chi connectivity index (χ2v) is 9.65. The standard InChI is InChI=1S/C29H39N3/c1-4-6-16-29(17-18-29)28(30)31-27-21-26(15-10-23(27)5-2)25-13-11-24(12-14-25)22(3)32-19-8-7-9-20-32/h10-15,21H,3-9,16-20H2,1-2H3,(H2,30,31). The molecule has 0 atom stereocenters. The summed E-state index contributed by atoms with van der Waals surface area (Å²) in [5.74, 6) is 0.839. The van der Waals surface area contributed by atoms with Gasteiger partial charge >= 0.3 is 0 Å². The minimum atomic E-state index is 0.160. The summed E-state index contributed by atoms with van der Waals surface area (Å²) in [6.07, 6.45) is 10.8. The lowest BCUT2D eigenvalue weighted by atomic mass is 9.97. The third-order valence-corrected chi connectivity index (χ3v) is 7.40. The third kappa shape index (κ3) is 4.92. The molecule has 0 bridgehead atoms. The first kappa shape index (κ1) is 22.6. The predicted octanol–water partition coefficient (Wildman–Crippen LogP) is 7.33. The number of nitrogens with zero attached hydrogens (tertiary/aromatic N) is 2. The Morgan fingerprint density at radius 1 is 1.00 bits per heavy atom. The minimum absolute atomic E-state index is 0.160. The predicted molar refractivity (Wildman–Crippen MR) is 138 cm³/mol. The quantitative estimate of drug-likeness (QED) is 0.335. The lowest BCUT2D eigenvalue weighted by molar-refractivity contribution is 0.326. The second-order valence-electron chi connectivity index (χ2n) is 9.65. The number of piperidine rings is 1. The Labute approximate surface area is 194 Å². The fourth-order valence-corrected chi connectivity index (χ4v) is 4.90. The van der Waals surface area contributed by atoms with E-state index in [1.54, 1.807) is 0 Å². The Hall–Kier alpha value is -2.55. The van der Waals surface area contributed by atoms with Gasteiger partial charge in [0, 0.05) is 24.2 Å². The summed E-state index contributed by atoms with van der Waals surface area (Å²) in [6, 6.07) is 15.5. The van der Waals surface area contributed by atoms with Crippen molar-refractivity contribution in [1.29, 1.82) is 0 Å². The molecule has 32 heavy (non-hydrogen) atoms. The molecule has 1 saturated carbocycles. The molecule has 2 aromatic carbocycles. The van der Waals surface area contributed by atoms with E-state index in [1.807, 2.05) is 0 Å². The molecular formula is C29H39N3. The van der Waals surface area contributed by atoms with E-state index >= 15 is 0 Å². The molecule has 4 rings (SSSR count). The van der Waals surface area contributed by atoms with Gasteiger partial charge < -0.3 is 10.6 Å². The second kappa shape index (κ2) is 9.94. The maximum atomic E-state index is 6.56. The van der Waals surface area contributed by atoms with Crippen LogP contribution in [0.2, 0.25) is 0 Å². The molecule has 1 heterocycles. The van der Waals surface area contributed by atoms with Crippen LogP contribution in [0, 0.1) is 5.41 Å². The Kier molecular flexibility index (Phi) is 7.03. The Morgan fingerprint density at radius 3 is 2.31 bits per heavy atom. The van der Waals surface area contributed by atoms with E-state index in [1.165, 1.54) is 73.6 Å². The van der Waals surface area contributed by atoms with Gasteiger partial charge in [0.1, 0.15) is 5.84 Å².